The number of halogens is 1. The summed E-state index contributed by atoms with van der Waals surface area (Å²) < 4.78 is 0. The second-order valence-electron chi connectivity index (χ2n) is 2.88. The van der Waals surface area contributed by atoms with Gasteiger partial charge in [-0.25, -0.2) is 0 Å². The number of benzene rings is 1. The minimum atomic E-state index is 0.715. The Labute approximate surface area is 75.3 Å². The molecule has 0 bridgehead atoms. The van der Waals surface area contributed by atoms with E-state index in [0.717, 1.165) is 22.3 Å². The smallest absolute Gasteiger partial charge is 0.0666 e. The highest BCUT2D eigenvalue weighted by Gasteiger charge is 2.04. The van der Waals surface area contributed by atoms with Gasteiger partial charge in [-0.3, -0.25) is 0 Å². The molecule has 0 saturated carbocycles. The molecule has 0 saturated heterocycles. The monoisotopic (exact) mass is 180 g/mol. The standard InChI is InChI=1S/C9H9ClN2/c1-5-4-6-8(11)3-2-7(10)9(6)12-5/h2-4,12H,11H2,1H3. The number of aromatic nitrogens is 1. The molecule has 0 radical (unpaired) electrons. The molecule has 0 unspecified atom stereocenters. The number of aromatic amines is 1. The van der Waals surface area contributed by atoms with Crippen LogP contribution in [0, 0.1) is 6.92 Å². The van der Waals surface area contributed by atoms with Crippen LogP contribution in [0.4, 0.5) is 5.69 Å². The molecule has 12 heavy (non-hydrogen) atoms. The Balaban J connectivity index is 2.93. The molecule has 1 heterocycles. The van der Waals surface area contributed by atoms with E-state index < -0.39 is 0 Å². The molecule has 2 nitrogen and oxygen atoms in total. The number of H-pyrrole nitrogens is 1. The van der Waals surface area contributed by atoms with Crippen LogP contribution in [0.3, 0.4) is 0 Å². The summed E-state index contributed by atoms with van der Waals surface area (Å²) in [4.78, 5) is 3.16. The van der Waals surface area contributed by atoms with E-state index in [2.05, 4.69) is 4.98 Å². The van der Waals surface area contributed by atoms with Crippen LogP contribution in [-0.2, 0) is 0 Å². The average molecular weight is 181 g/mol. The first-order chi connectivity index (χ1) is 5.68. The number of hydrogen-bond acceptors (Lipinski definition) is 1. The van der Waals surface area contributed by atoms with Gasteiger partial charge in [0.15, 0.2) is 0 Å². The average Bonchev–Trinajstić information content (AvgIpc) is 2.41. The molecule has 3 heteroatoms. The van der Waals surface area contributed by atoms with Crippen LogP contribution in [0.25, 0.3) is 10.9 Å². The maximum atomic E-state index is 5.96. The van der Waals surface area contributed by atoms with Gasteiger partial charge in [-0.05, 0) is 25.1 Å². The lowest BCUT2D eigenvalue weighted by molar-refractivity contribution is 1.30. The minimum absolute atomic E-state index is 0.715. The van der Waals surface area contributed by atoms with Crippen molar-refractivity contribution in [2.75, 3.05) is 5.73 Å². The zero-order valence-corrected chi connectivity index (χ0v) is 7.44. The van der Waals surface area contributed by atoms with Gasteiger partial charge in [0.25, 0.3) is 0 Å². The summed E-state index contributed by atoms with van der Waals surface area (Å²) in [7, 11) is 0. The molecular weight excluding hydrogens is 172 g/mol. The number of anilines is 1. The Kier molecular flexibility index (Phi) is 1.51. The molecule has 0 fully saturated rings. The fourth-order valence-corrected chi connectivity index (χ4v) is 1.55. The third-order valence-corrected chi connectivity index (χ3v) is 2.23. The lowest BCUT2D eigenvalue weighted by atomic mass is 10.2. The summed E-state index contributed by atoms with van der Waals surface area (Å²) in [5.74, 6) is 0. The minimum Gasteiger partial charge on any atom is -0.398 e. The predicted octanol–water partition coefficient (Wildman–Crippen LogP) is 2.71. The van der Waals surface area contributed by atoms with Gasteiger partial charge in [0.1, 0.15) is 0 Å². The van der Waals surface area contributed by atoms with E-state index >= 15 is 0 Å². The van der Waals surface area contributed by atoms with Gasteiger partial charge in [0.2, 0.25) is 0 Å². The van der Waals surface area contributed by atoms with Crippen molar-refractivity contribution in [1.29, 1.82) is 0 Å². The van der Waals surface area contributed by atoms with E-state index in [1.165, 1.54) is 0 Å². The zero-order valence-electron chi connectivity index (χ0n) is 6.69. The van der Waals surface area contributed by atoms with Crippen LogP contribution >= 0.6 is 11.6 Å². The summed E-state index contributed by atoms with van der Waals surface area (Å²) in [6.07, 6.45) is 0. The van der Waals surface area contributed by atoms with Crippen molar-refractivity contribution in [1.82, 2.24) is 4.98 Å². The molecular formula is C9H9ClN2. The molecule has 0 aliphatic rings. The molecule has 3 N–H and O–H groups in total. The van der Waals surface area contributed by atoms with Gasteiger partial charge in [-0.2, -0.15) is 0 Å². The molecule has 62 valence electrons. The van der Waals surface area contributed by atoms with E-state index in [-0.39, 0.29) is 0 Å². The van der Waals surface area contributed by atoms with Crippen LogP contribution < -0.4 is 5.73 Å². The quantitative estimate of drug-likeness (QED) is 0.602. The number of nitrogens with one attached hydrogen (secondary N) is 1. The normalized spacial score (nSPS) is 10.8. The van der Waals surface area contributed by atoms with Crippen molar-refractivity contribution in [3.05, 3.63) is 28.9 Å². The first-order valence-electron chi connectivity index (χ1n) is 3.72. The van der Waals surface area contributed by atoms with E-state index in [0.29, 0.717) is 5.02 Å². The molecule has 0 amide bonds. The summed E-state index contributed by atoms with van der Waals surface area (Å²) in [5.41, 5.74) is 8.52. The number of aryl methyl sites for hydroxylation is 1. The number of nitrogens with two attached hydrogens (primary N) is 1. The molecule has 0 spiro atoms. The highest BCUT2D eigenvalue weighted by atomic mass is 35.5. The van der Waals surface area contributed by atoms with E-state index in [4.69, 9.17) is 17.3 Å². The summed E-state index contributed by atoms with van der Waals surface area (Å²) in [6, 6.07) is 5.61. The van der Waals surface area contributed by atoms with E-state index in [1.807, 2.05) is 19.1 Å². The number of rotatable bonds is 0. The molecule has 1 aromatic heterocycles. The fraction of sp³-hybridized carbons (Fsp3) is 0.111. The Morgan fingerprint density at radius 3 is 2.83 bits per heavy atom. The molecule has 0 atom stereocenters. The van der Waals surface area contributed by atoms with Gasteiger partial charge >= 0.3 is 0 Å². The highest BCUT2D eigenvalue weighted by Crippen LogP contribution is 2.27. The van der Waals surface area contributed by atoms with Crippen molar-refractivity contribution in [3.8, 4) is 0 Å². The third kappa shape index (κ3) is 0.959. The summed E-state index contributed by atoms with van der Waals surface area (Å²) in [6.45, 7) is 1.98. The van der Waals surface area contributed by atoms with Crippen LogP contribution in [0.5, 0.6) is 0 Å². The zero-order chi connectivity index (χ0) is 8.72. The summed E-state index contributed by atoms with van der Waals surface area (Å²) >= 11 is 5.96. The fourth-order valence-electron chi connectivity index (χ4n) is 1.34. The lowest BCUT2D eigenvalue weighted by Gasteiger charge is -1.96. The molecule has 2 aromatic rings. The van der Waals surface area contributed by atoms with Gasteiger partial charge in [0, 0.05) is 16.8 Å². The topological polar surface area (TPSA) is 41.8 Å². The maximum Gasteiger partial charge on any atom is 0.0666 e. The lowest BCUT2D eigenvalue weighted by Crippen LogP contribution is -1.84. The first kappa shape index (κ1) is 7.50. The van der Waals surface area contributed by atoms with Crippen molar-refractivity contribution in [3.63, 3.8) is 0 Å². The second-order valence-corrected chi connectivity index (χ2v) is 3.28. The van der Waals surface area contributed by atoms with Gasteiger partial charge in [-0.15, -0.1) is 0 Å². The molecule has 0 aliphatic carbocycles. The van der Waals surface area contributed by atoms with Crippen LogP contribution in [0.2, 0.25) is 5.02 Å². The van der Waals surface area contributed by atoms with Crippen molar-refractivity contribution < 1.29 is 0 Å². The Morgan fingerprint density at radius 1 is 1.42 bits per heavy atom. The van der Waals surface area contributed by atoms with Crippen molar-refractivity contribution in [2.45, 2.75) is 6.92 Å². The van der Waals surface area contributed by atoms with E-state index in [9.17, 15) is 0 Å². The number of hydrogen-bond donors (Lipinski definition) is 2. The molecule has 2 rings (SSSR count). The van der Waals surface area contributed by atoms with Crippen LogP contribution in [0.15, 0.2) is 18.2 Å². The highest BCUT2D eigenvalue weighted by molar-refractivity contribution is 6.35. The Bertz CT molecular complexity index is 392. The third-order valence-electron chi connectivity index (χ3n) is 1.91. The van der Waals surface area contributed by atoms with Crippen LogP contribution in [0.1, 0.15) is 5.69 Å². The maximum absolute atomic E-state index is 5.96. The predicted molar refractivity (Wildman–Crippen MR) is 52.5 cm³/mol. The van der Waals surface area contributed by atoms with Gasteiger partial charge in [0.05, 0.1) is 10.5 Å². The van der Waals surface area contributed by atoms with Crippen LogP contribution in [-0.4, -0.2) is 4.98 Å². The SMILES string of the molecule is Cc1cc2c(N)ccc(Cl)c2[nH]1. The molecule has 0 aliphatic heterocycles. The largest absolute Gasteiger partial charge is 0.398 e. The summed E-state index contributed by atoms with van der Waals surface area (Å²) in [5, 5.41) is 1.72. The van der Waals surface area contributed by atoms with Gasteiger partial charge in [-0.1, -0.05) is 11.6 Å². The van der Waals surface area contributed by atoms with Crippen molar-refractivity contribution in [2.24, 2.45) is 0 Å². The van der Waals surface area contributed by atoms with Gasteiger partial charge < -0.3 is 10.7 Å². The Morgan fingerprint density at radius 2 is 2.17 bits per heavy atom. The first-order valence-corrected chi connectivity index (χ1v) is 4.09. The van der Waals surface area contributed by atoms with Crippen molar-refractivity contribution >= 4 is 28.2 Å². The molecule has 1 aromatic carbocycles. The van der Waals surface area contributed by atoms with E-state index in [1.54, 1.807) is 6.07 Å². The second kappa shape index (κ2) is 2.42. The number of nitrogen functional groups attached to an aromatic ring is 1. The Hall–Kier alpha value is -1.15. The number of fused-ring (bicyclic) bond motifs is 1.